The third kappa shape index (κ3) is 5.03. The first-order valence-corrected chi connectivity index (χ1v) is 5.84. The maximum atomic E-state index is 13.4. The molecule has 0 saturated heterocycles. The lowest BCUT2D eigenvalue weighted by Crippen LogP contribution is -2.34. The molecule has 104 valence electrons. The van der Waals surface area contributed by atoms with Crippen LogP contribution in [0.2, 0.25) is 0 Å². The highest BCUT2D eigenvalue weighted by Gasteiger charge is 2.14. The SMILES string of the molecule is CC(Cc1c(F)cccc1F)NC(=O)CCC(=O)O. The number of carboxylic acids is 1. The summed E-state index contributed by atoms with van der Waals surface area (Å²) < 4.78 is 26.7. The maximum Gasteiger partial charge on any atom is 0.303 e. The normalized spacial score (nSPS) is 11.9. The summed E-state index contributed by atoms with van der Waals surface area (Å²) in [7, 11) is 0. The number of halogens is 2. The summed E-state index contributed by atoms with van der Waals surface area (Å²) in [6, 6.07) is 3.09. The molecule has 1 rings (SSSR count). The molecule has 1 amide bonds. The second kappa shape index (κ2) is 6.82. The van der Waals surface area contributed by atoms with Crippen LogP contribution in [0.15, 0.2) is 18.2 Å². The van der Waals surface area contributed by atoms with E-state index >= 15 is 0 Å². The first-order chi connectivity index (χ1) is 8.90. The number of benzene rings is 1. The van der Waals surface area contributed by atoms with E-state index in [0.717, 1.165) is 12.1 Å². The quantitative estimate of drug-likeness (QED) is 0.830. The summed E-state index contributed by atoms with van der Waals surface area (Å²) in [5.41, 5.74) is -0.0893. The summed E-state index contributed by atoms with van der Waals surface area (Å²) >= 11 is 0. The van der Waals surface area contributed by atoms with Gasteiger partial charge >= 0.3 is 5.97 Å². The number of nitrogens with one attached hydrogen (secondary N) is 1. The summed E-state index contributed by atoms with van der Waals surface area (Å²) in [5, 5.41) is 10.9. The minimum absolute atomic E-state index is 0.0112. The van der Waals surface area contributed by atoms with E-state index in [9.17, 15) is 18.4 Å². The van der Waals surface area contributed by atoms with Gasteiger partial charge in [0.05, 0.1) is 6.42 Å². The molecule has 0 spiro atoms. The van der Waals surface area contributed by atoms with Crippen LogP contribution in [0.25, 0.3) is 0 Å². The van der Waals surface area contributed by atoms with Crippen LogP contribution in [0.4, 0.5) is 8.78 Å². The highest BCUT2D eigenvalue weighted by Crippen LogP contribution is 2.14. The Balaban J connectivity index is 2.53. The largest absolute Gasteiger partial charge is 0.481 e. The minimum Gasteiger partial charge on any atom is -0.481 e. The van der Waals surface area contributed by atoms with Crippen molar-refractivity contribution >= 4 is 11.9 Å². The monoisotopic (exact) mass is 271 g/mol. The number of carbonyl (C=O) groups is 2. The number of hydrogen-bond donors (Lipinski definition) is 2. The van der Waals surface area contributed by atoms with E-state index in [1.165, 1.54) is 6.07 Å². The molecular formula is C13H15F2NO3. The van der Waals surface area contributed by atoms with E-state index in [4.69, 9.17) is 5.11 Å². The lowest BCUT2D eigenvalue weighted by molar-refractivity contribution is -0.138. The smallest absolute Gasteiger partial charge is 0.303 e. The summed E-state index contributed by atoms with van der Waals surface area (Å²) in [6.45, 7) is 1.60. The Morgan fingerprint density at radius 2 is 1.84 bits per heavy atom. The summed E-state index contributed by atoms with van der Waals surface area (Å²) in [5.74, 6) is -2.84. The lowest BCUT2D eigenvalue weighted by atomic mass is 10.1. The molecule has 0 aliphatic rings. The zero-order chi connectivity index (χ0) is 14.4. The van der Waals surface area contributed by atoms with Gasteiger partial charge < -0.3 is 10.4 Å². The van der Waals surface area contributed by atoms with Crippen LogP contribution in [0, 0.1) is 11.6 Å². The molecule has 1 atom stereocenters. The van der Waals surface area contributed by atoms with Crippen LogP contribution < -0.4 is 5.32 Å². The van der Waals surface area contributed by atoms with Gasteiger partial charge in [-0.2, -0.15) is 0 Å². The Morgan fingerprint density at radius 3 is 2.37 bits per heavy atom. The average Bonchev–Trinajstić information content (AvgIpc) is 2.31. The molecule has 1 aromatic rings. The van der Waals surface area contributed by atoms with Crippen LogP contribution in [-0.2, 0) is 16.0 Å². The van der Waals surface area contributed by atoms with Crippen LogP contribution in [0.3, 0.4) is 0 Å². The zero-order valence-corrected chi connectivity index (χ0v) is 10.5. The molecule has 6 heteroatoms. The van der Waals surface area contributed by atoms with Crippen molar-refractivity contribution in [3.05, 3.63) is 35.4 Å². The van der Waals surface area contributed by atoms with Gasteiger partial charge in [-0.3, -0.25) is 9.59 Å². The third-order valence-corrected chi connectivity index (χ3v) is 2.55. The number of amides is 1. The Kier molecular flexibility index (Phi) is 5.41. The molecule has 1 unspecified atom stereocenters. The predicted molar refractivity (Wildman–Crippen MR) is 64.5 cm³/mol. The van der Waals surface area contributed by atoms with Crippen LogP contribution in [-0.4, -0.2) is 23.0 Å². The van der Waals surface area contributed by atoms with Gasteiger partial charge in [0.2, 0.25) is 5.91 Å². The lowest BCUT2D eigenvalue weighted by Gasteiger charge is -2.14. The van der Waals surface area contributed by atoms with Gasteiger partial charge in [0, 0.05) is 18.0 Å². The van der Waals surface area contributed by atoms with Crippen LogP contribution in [0.5, 0.6) is 0 Å². The minimum atomic E-state index is -1.07. The van der Waals surface area contributed by atoms with Crippen molar-refractivity contribution in [1.29, 1.82) is 0 Å². The summed E-state index contributed by atoms with van der Waals surface area (Å²) in [6.07, 6.45) is -0.413. The van der Waals surface area contributed by atoms with Gasteiger partial charge in [-0.25, -0.2) is 8.78 Å². The van der Waals surface area contributed by atoms with Crippen molar-refractivity contribution in [2.24, 2.45) is 0 Å². The van der Waals surface area contributed by atoms with E-state index in [1.807, 2.05) is 0 Å². The van der Waals surface area contributed by atoms with Gasteiger partial charge in [-0.15, -0.1) is 0 Å². The highest BCUT2D eigenvalue weighted by molar-refractivity contribution is 5.80. The molecule has 2 N–H and O–H groups in total. The average molecular weight is 271 g/mol. The van der Waals surface area contributed by atoms with Gasteiger partial charge in [0.1, 0.15) is 11.6 Å². The molecule has 0 aliphatic carbocycles. The van der Waals surface area contributed by atoms with Gasteiger partial charge in [-0.05, 0) is 25.5 Å². The fourth-order valence-corrected chi connectivity index (χ4v) is 1.65. The van der Waals surface area contributed by atoms with E-state index in [1.54, 1.807) is 6.92 Å². The molecule has 0 aliphatic heterocycles. The fourth-order valence-electron chi connectivity index (χ4n) is 1.65. The second-order valence-corrected chi connectivity index (χ2v) is 4.27. The van der Waals surface area contributed by atoms with E-state index in [0.29, 0.717) is 0 Å². The molecule has 4 nitrogen and oxygen atoms in total. The molecule has 0 bridgehead atoms. The van der Waals surface area contributed by atoms with Crippen molar-refractivity contribution in [2.45, 2.75) is 32.2 Å². The highest BCUT2D eigenvalue weighted by atomic mass is 19.1. The molecule has 1 aromatic carbocycles. The number of hydrogen-bond acceptors (Lipinski definition) is 2. The van der Waals surface area contributed by atoms with Crippen molar-refractivity contribution < 1.29 is 23.5 Å². The fraction of sp³-hybridized carbons (Fsp3) is 0.385. The Hall–Kier alpha value is -1.98. The van der Waals surface area contributed by atoms with E-state index < -0.39 is 29.6 Å². The van der Waals surface area contributed by atoms with Gasteiger partial charge in [0.15, 0.2) is 0 Å². The molecule has 0 heterocycles. The third-order valence-electron chi connectivity index (χ3n) is 2.55. The zero-order valence-electron chi connectivity index (χ0n) is 10.5. The predicted octanol–water partition coefficient (Wildman–Crippen LogP) is 1.88. The summed E-state index contributed by atoms with van der Waals surface area (Å²) in [4.78, 5) is 21.6. The first kappa shape index (κ1) is 15.1. The van der Waals surface area contributed by atoms with Gasteiger partial charge in [-0.1, -0.05) is 6.07 Å². The van der Waals surface area contributed by atoms with Crippen molar-refractivity contribution in [1.82, 2.24) is 5.32 Å². The number of carbonyl (C=O) groups excluding carboxylic acids is 1. The van der Waals surface area contributed by atoms with Crippen molar-refractivity contribution in [2.75, 3.05) is 0 Å². The topological polar surface area (TPSA) is 66.4 Å². The molecule has 19 heavy (non-hydrogen) atoms. The Bertz CT molecular complexity index is 457. The van der Waals surface area contributed by atoms with Crippen LogP contribution in [0.1, 0.15) is 25.3 Å². The molecule has 0 fully saturated rings. The number of carboxylic acid groups (broad SMARTS) is 1. The number of rotatable bonds is 6. The maximum absolute atomic E-state index is 13.4. The van der Waals surface area contributed by atoms with E-state index in [-0.39, 0.29) is 24.8 Å². The van der Waals surface area contributed by atoms with Crippen LogP contribution >= 0.6 is 0 Å². The van der Waals surface area contributed by atoms with E-state index in [2.05, 4.69) is 5.32 Å². The standard InChI is InChI=1S/C13H15F2NO3/c1-8(16-12(17)5-6-13(18)19)7-9-10(14)3-2-4-11(9)15/h2-4,8H,5-7H2,1H3,(H,16,17)(H,18,19). The Labute approximate surface area is 109 Å². The molecular weight excluding hydrogens is 256 g/mol. The van der Waals surface area contributed by atoms with Crippen molar-refractivity contribution in [3.8, 4) is 0 Å². The molecule has 0 radical (unpaired) electrons. The Morgan fingerprint density at radius 1 is 1.26 bits per heavy atom. The van der Waals surface area contributed by atoms with Gasteiger partial charge in [0.25, 0.3) is 0 Å². The molecule has 0 saturated carbocycles. The molecule has 0 aromatic heterocycles. The first-order valence-electron chi connectivity index (χ1n) is 5.84. The van der Waals surface area contributed by atoms with Crippen molar-refractivity contribution in [3.63, 3.8) is 0 Å². The number of aliphatic carboxylic acids is 1. The second-order valence-electron chi connectivity index (χ2n) is 4.27.